The summed E-state index contributed by atoms with van der Waals surface area (Å²) in [5.74, 6) is 0.791. The van der Waals surface area contributed by atoms with Gasteiger partial charge in [-0.3, -0.25) is 0 Å². The number of hydrogen-bond donors (Lipinski definition) is 1. The van der Waals surface area contributed by atoms with Crippen LogP contribution in [0, 0.1) is 16.0 Å². The van der Waals surface area contributed by atoms with Crippen LogP contribution >= 0.6 is 12.2 Å². The minimum atomic E-state index is 0.538. The Labute approximate surface area is 129 Å². The van der Waals surface area contributed by atoms with Crippen LogP contribution < -0.4 is 4.74 Å². The molecule has 0 saturated heterocycles. The SMILES string of the molecule is COc1cccc(-c2c3c([nH]c(=S)c2C#N)CCCC3)c1. The van der Waals surface area contributed by atoms with Gasteiger partial charge in [-0.2, -0.15) is 5.26 Å². The number of nitrogens with one attached hydrogen (secondary N) is 1. The van der Waals surface area contributed by atoms with E-state index < -0.39 is 0 Å². The highest BCUT2D eigenvalue weighted by Gasteiger charge is 2.20. The van der Waals surface area contributed by atoms with Gasteiger partial charge in [-0.15, -0.1) is 0 Å². The third kappa shape index (κ3) is 2.45. The zero-order valence-electron chi connectivity index (χ0n) is 11.9. The summed E-state index contributed by atoms with van der Waals surface area (Å²) in [5.41, 5.74) is 4.97. The topological polar surface area (TPSA) is 48.8 Å². The fourth-order valence-electron chi connectivity index (χ4n) is 2.99. The lowest BCUT2D eigenvalue weighted by atomic mass is 9.87. The maximum absolute atomic E-state index is 9.52. The van der Waals surface area contributed by atoms with Gasteiger partial charge in [-0.05, 0) is 48.9 Å². The Balaban J connectivity index is 2.31. The van der Waals surface area contributed by atoms with Gasteiger partial charge in [-0.1, -0.05) is 24.4 Å². The lowest BCUT2D eigenvalue weighted by Gasteiger charge is -2.21. The normalized spacial score (nSPS) is 13.3. The van der Waals surface area contributed by atoms with E-state index in [-0.39, 0.29) is 0 Å². The fraction of sp³-hybridized carbons (Fsp3) is 0.294. The van der Waals surface area contributed by atoms with Gasteiger partial charge in [0.1, 0.15) is 16.5 Å². The van der Waals surface area contributed by atoms with E-state index in [4.69, 9.17) is 17.0 Å². The third-order valence-corrected chi connectivity index (χ3v) is 4.29. The Kier molecular flexibility index (Phi) is 3.76. The van der Waals surface area contributed by atoms with E-state index in [0.717, 1.165) is 36.1 Å². The Morgan fingerprint density at radius 3 is 2.86 bits per heavy atom. The van der Waals surface area contributed by atoms with E-state index in [1.54, 1.807) is 7.11 Å². The highest BCUT2D eigenvalue weighted by Crippen LogP contribution is 2.35. The van der Waals surface area contributed by atoms with E-state index in [1.165, 1.54) is 17.7 Å². The summed E-state index contributed by atoms with van der Waals surface area (Å²) in [7, 11) is 1.65. The number of rotatable bonds is 2. The molecule has 4 heteroatoms. The van der Waals surface area contributed by atoms with Gasteiger partial charge < -0.3 is 9.72 Å². The van der Waals surface area contributed by atoms with Crippen molar-refractivity contribution in [3.8, 4) is 22.9 Å². The van der Waals surface area contributed by atoms with Crippen LogP contribution in [0.15, 0.2) is 24.3 Å². The maximum Gasteiger partial charge on any atom is 0.122 e. The summed E-state index contributed by atoms with van der Waals surface area (Å²) in [5, 5.41) is 9.52. The second-order valence-electron chi connectivity index (χ2n) is 5.21. The standard InChI is InChI=1S/C17H16N2OS/c1-20-12-6-4-5-11(9-12)16-13-7-2-3-8-15(13)19-17(21)14(16)10-18/h4-6,9H,2-3,7-8H2,1H3,(H,19,21). The summed E-state index contributed by atoms with van der Waals surface area (Å²) in [6.45, 7) is 0. The molecule has 0 radical (unpaired) electrons. The van der Waals surface area contributed by atoms with Gasteiger partial charge >= 0.3 is 0 Å². The maximum atomic E-state index is 9.52. The molecule has 0 fully saturated rings. The number of nitrogens with zero attached hydrogens (tertiary/aromatic N) is 1. The van der Waals surface area contributed by atoms with Gasteiger partial charge in [0.25, 0.3) is 0 Å². The Morgan fingerprint density at radius 1 is 1.29 bits per heavy atom. The van der Waals surface area contributed by atoms with Gasteiger partial charge in [0.05, 0.1) is 12.7 Å². The first kappa shape index (κ1) is 13.8. The largest absolute Gasteiger partial charge is 0.497 e. The molecule has 3 rings (SSSR count). The highest BCUT2D eigenvalue weighted by atomic mass is 32.1. The van der Waals surface area contributed by atoms with E-state index in [0.29, 0.717) is 10.2 Å². The average Bonchev–Trinajstić information content (AvgIpc) is 2.53. The lowest BCUT2D eigenvalue weighted by molar-refractivity contribution is 0.415. The van der Waals surface area contributed by atoms with Crippen molar-refractivity contribution in [3.05, 3.63) is 45.7 Å². The molecule has 1 aromatic heterocycles. The number of nitriles is 1. The van der Waals surface area contributed by atoms with Gasteiger partial charge in [0.15, 0.2) is 0 Å². The molecule has 0 atom stereocenters. The molecule has 0 spiro atoms. The van der Waals surface area contributed by atoms with Crippen molar-refractivity contribution in [2.75, 3.05) is 7.11 Å². The summed E-state index contributed by atoms with van der Waals surface area (Å²) in [6.07, 6.45) is 4.31. The molecule has 1 N–H and O–H groups in total. The minimum Gasteiger partial charge on any atom is -0.497 e. The van der Waals surface area contributed by atoms with Crippen LogP contribution in [0.1, 0.15) is 29.7 Å². The van der Waals surface area contributed by atoms with Crippen LogP contribution in [0.3, 0.4) is 0 Å². The molecule has 2 aromatic rings. The van der Waals surface area contributed by atoms with E-state index in [2.05, 4.69) is 11.1 Å². The Bertz CT molecular complexity index is 786. The van der Waals surface area contributed by atoms with E-state index >= 15 is 0 Å². The third-order valence-electron chi connectivity index (χ3n) is 3.98. The molecular formula is C17H16N2OS. The molecule has 1 aliphatic carbocycles. The molecule has 106 valence electrons. The van der Waals surface area contributed by atoms with Crippen molar-refractivity contribution in [1.29, 1.82) is 5.26 Å². The monoisotopic (exact) mass is 296 g/mol. The van der Waals surface area contributed by atoms with Gasteiger partial charge in [0, 0.05) is 11.3 Å². The fourth-order valence-corrected chi connectivity index (χ4v) is 3.26. The van der Waals surface area contributed by atoms with Crippen molar-refractivity contribution in [2.45, 2.75) is 25.7 Å². The average molecular weight is 296 g/mol. The predicted octanol–water partition coefficient (Wildman–Crippen LogP) is 4.17. The molecule has 0 unspecified atom stereocenters. The molecule has 1 heterocycles. The van der Waals surface area contributed by atoms with Crippen LogP contribution in [0.5, 0.6) is 5.75 Å². The molecule has 0 amide bonds. The zero-order valence-corrected chi connectivity index (χ0v) is 12.7. The van der Waals surface area contributed by atoms with Crippen LogP contribution in [-0.4, -0.2) is 12.1 Å². The predicted molar refractivity (Wildman–Crippen MR) is 85.0 cm³/mol. The number of pyridine rings is 1. The summed E-state index contributed by atoms with van der Waals surface area (Å²) in [4.78, 5) is 3.25. The van der Waals surface area contributed by atoms with Gasteiger partial charge in [-0.25, -0.2) is 0 Å². The van der Waals surface area contributed by atoms with Crippen molar-refractivity contribution >= 4 is 12.2 Å². The molecule has 0 saturated carbocycles. The first-order valence-electron chi connectivity index (χ1n) is 7.07. The van der Waals surface area contributed by atoms with Crippen LogP contribution in [0.25, 0.3) is 11.1 Å². The molecule has 1 aliphatic rings. The smallest absolute Gasteiger partial charge is 0.122 e. The molecular weight excluding hydrogens is 280 g/mol. The summed E-state index contributed by atoms with van der Waals surface area (Å²) < 4.78 is 5.85. The van der Waals surface area contributed by atoms with Crippen LogP contribution in [0.2, 0.25) is 0 Å². The molecule has 21 heavy (non-hydrogen) atoms. The molecule has 3 nitrogen and oxygen atoms in total. The van der Waals surface area contributed by atoms with Crippen molar-refractivity contribution < 1.29 is 4.74 Å². The van der Waals surface area contributed by atoms with Crippen molar-refractivity contribution in [2.24, 2.45) is 0 Å². The van der Waals surface area contributed by atoms with E-state index in [9.17, 15) is 5.26 Å². The number of aryl methyl sites for hydroxylation is 1. The number of benzene rings is 1. The van der Waals surface area contributed by atoms with Crippen LogP contribution in [-0.2, 0) is 12.8 Å². The molecule has 1 aromatic carbocycles. The molecule has 0 bridgehead atoms. The number of aromatic nitrogens is 1. The Morgan fingerprint density at radius 2 is 2.10 bits per heavy atom. The van der Waals surface area contributed by atoms with Crippen LogP contribution in [0.4, 0.5) is 0 Å². The number of aromatic amines is 1. The summed E-state index contributed by atoms with van der Waals surface area (Å²) in [6, 6.07) is 10.1. The first-order valence-corrected chi connectivity index (χ1v) is 7.48. The number of fused-ring (bicyclic) bond motifs is 1. The van der Waals surface area contributed by atoms with E-state index in [1.807, 2.05) is 24.3 Å². The van der Waals surface area contributed by atoms with Crippen molar-refractivity contribution in [3.63, 3.8) is 0 Å². The Hall–Kier alpha value is -2.12. The lowest BCUT2D eigenvalue weighted by Crippen LogP contribution is -2.09. The number of ether oxygens (including phenoxy) is 1. The second-order valence-corrected chi connectivity index (χ2v) is 5.62. The number of methoxy groups -OCH3 is 1. The second kappa shape index (κ2) is 5.71. The van der Waals surface area contributed by atoms with Gasteiger partial charge in [0.2, 0.25) is 0 Å². The minimum absolute atomic E-state index is 0.538. The quantitative estimate of drug-likeness (QED) is 0.846. The zero-order chi connectivity index (χ0) is 14.8. The number of hydrogen-bond acceptors (Lipinski definition) is 3. The summed E-state index contributed by atoms with van der Waals surface area (Å²) >= 11 is 5.38. The molecule has 0 aliphatic heterocycles. The number of H-pyrrole nitrogens is 1. The van der Waals surface area contributed by atoms with Crippen molar-refractivity contribution in [1.82, 2.24) is 4.98 Å². The first-order chi connectivity index (χ1) is 10.2. The highest BCUT2D eigenvalue weighted by molar-refractivity contribution is 7.71.